The Hall–Kier alpha value is -3.49. The van der Waals surface area contributed by atoms with Gasteiger partial charge in [0, 0.05) is 13.1 Å². The molecule has 0 saturated heterocycles. The van der Waals surface area contributed by atoms with E-state index in [1.165, 1.54) is 17.4 Å². The maximum absolute atomic E-state index is 15.3. The van der Waals surface area contributed by atoms with Crippen LogP contribution in [0.25, 0.3) is 42.0 Å². The largest absolute Gasteiger partial charge is 0.507 e. The van der Waals surface area contributed by atoms with E-state index in [0.29, 0.717) is 23.3 Å². The van der Waals surface area contributed by atoms with E-state index in [0.717, 1.165) is 22.3 Å². The zero-order chi connectivity index (χ0) is 22.7. The fourth-order valence-electron chi connectivity index (χ4n) is 4.23. The quantitative estimate of drug-likeness (QED) is 0.247. The monoisotopic (exact) mass is 450 g/mol. The Kier molecular flexibility index (Phi) is 4.65. The van der Waals surface area contributed by atoms with Crippen LogP contribution in [0.4, 0.5) is 4.39 Å². The van der Waals surface area contributed by atoms with Gasteiger partial charge in [0.15, 0.2) is 0 Å². The molecule has 8 heteroatoms. The standard InChI is InChI=1S/C24H19FN2O4S/c1-26(2)9-10-27-13-5-3-4-6-16(13)32-17-11-12(25)18-21(22(17)27)24(31)20-15(29)8-7-14(28)19(20)23(18)30/h3-8,11,28-29H,9-10H2,1-2H3. The molecule has 32 heavy (non-hydrogen) atoms. The van der Waals surface area contributed by atoms with Gasteiger partial charge in [-0.3, -0.25) is 9.59 Å². The van der Waals surface area contributed by atoms with Gasteiger partial charge in [0.25, 0.3) is 0 Å². The van der Waals surface area contributed by atoms with E-state index < -0.39 is 28.2 Å². The Morgan fingerprint density at radius 3 is 2.19 bits per heavy atom. The molecule has 0 aliphatic carbocycles. The smallest absolute Gasteiger partial charge is 0.201 e. The van der Waals surface area contributed by atoms with Crippen molar-refractivity contribution in [2.45, 2.75) is 6.54 Å². The number of nitrogens with zero attached hydrogens (tertiary/aromatic N) is 2. The average molecular weight is 450 g/mol. The highest BCUT2D eigenvalue weighted by molar-refractivity contribution is 7.24. The van der Waals surface area contributed by atoms with Crippen molar-refractivity contribution in [3.63, 3.8) is 0 Å². The van der Waals surface area contributed by atoms with Gasteiger partial charge in [-0.1, -0.05) is 12.1 Å². The second-order valence-corrected chi connectivity index (χ2v) is 9.08. The lowest BCUT2D eigenvalue weighted by molar-refractivity contribution is 0.389. The van der Waals surface area contributed by atoms with Crippen LogP contribution in [-0.4, -0.2) is 40.3 Å². The van der Waals surface area contributed by atoms with Crippen LogP contribution in [0.15, 0.2) is 52.1 Å². The van der Waals surface area contributed by atoms with Gasteiger partial charge in [-0.05, 0) is 44.4 Å². The number of phenolic OH excluding ortho intramolecular Hbond substituents is 2. The van der Waals surface area contributed by atoms with Gasteiger partial charge in [0.2, 0.25) is 10.9 Å². The van der Waals surface area contributed by atoms with Gasteiger partial charge in [-0.2, -0.15) is 0 Å². The summed E-state index contributed by atoms with van der Waals surface area (Å²) in [6, 6.07) is 11.2. The van der Waals surface area contributed by atoms with Crippen LogP contribution >= 0.6 is 11.3 Å². The first-order valence-corrected chi connectivity index (χ1v) is 10.8. The lowest BCUT2D eigenvalue weighted by Crippen LogP contribution is -2.21. The lowest BCUT2D eigenvalue weighted by atomic mass is 9.99. The average Bonchev–Trinajstić information content (AvgIpc) is 2.75. The van der Waals surface area contributed by atoms with E-state index in [9.17, 15) is 19.8 Å². The SMILES string of the molecule is CN(C)CCn1c2ccccc2sc2cc(F)c3c(=O)c4c(O)ccc(O)c4c(=O)c3c21. The molecule has 0 atom stereocenters. The summed E-state index contributed by atoms with van der Waals surface area (Å²) in [7, 11) is 3.86. The molecule has 0 aliphatic rings. The van der Waals surface area contributed by atoms with Gasteiger partial charge in [0.1, 0.15) is 17.3 Å². The van der Waals surface area contributed by atoms with Crippen molar-refractivity contribution in [3.05, 3.63) is 68.7 Å². The van der Waals surface area contributed by atoms with Crippen molar-refractivity contribution in [3.8, 4) is 11.5 Å². The number of hydrogen-bond donors (Lipinski definition) is 2. The number of benzene rings is 4. The molecular weight excluding hydrogens is 431 g/mol. The molecular formula is C24H19FN2O4S. The number of aromatic hydroxyl groups is 2. The Bertz CT molecular complexity index is 1690. The number of para-hydroxylation sites is 1. The summed E-state index contributed by atoms with van der Waals surface area (Å²) in [5.41, 5.74) is -0.209. The van der Waals surface area contributed by atoms with Crippen molar-refractivity contribution < 1.29 is 14.6 Å². The van der Waals surface area contributed by atoms with Crippen molar-refractivity contribution >= 4 is 53.3 Å². The molecule has 162 valence electrons. The molecule has 4 aromatic carbocycles. The summed E-state index contributed by atoms with van der Waals surface area (Å²) in [4.78, 5) is 28.9. The van der Waals surface area contributed by atoms with Crippen LogP contribution in [0.1, 0.15) is 0 Å². The van der Waals surface area contributed by atoms with Crippen molar-refractivity contribution in [2.75, 3.05) is 20.6 Å². The Morgan fingerprint density at radius 2 is 1.53 bits per heavy atom. The van der Waals surface area contributed by atoms with Gasteiger partial charge in [-0.15, -0.1) is 11.3 Å². The van der Waals surface area contributed by atoms with Crippen LogP contribution < -0.4 is 10.9 Å². The maximum atomic E-state index is 15.3. The van der Waals surface area contributed by atoms with E-state index in [1.54, 1.807) is 0 Å². The number of fused-ring (bicyclic) bond motifs is 5. The van der Waals surface area contributed by atoms with E-state index in [1.807, 2.05) is 47.8 Å². The molecule has 6 nitrogen and oxygen atoms in total. The van der Waals surface area contributed by atoms with E-state index in [4.69, 9.17) is 0 Å². The fraction of sp³-hybridized carbons (Fsp3) is 0.167. The summed E-state index contributed by atoms with van der Waals surface area (Å²) in [6.07, 6.45) is 0. The van der Waals surface area contributed by atoms with Crippen LogP contribution in [0.3, 0.4) is 0 Å². The molecule has 0 aliphatic heterocycles. The lowest BCUT2D eigenvalue weighted by Gasteiger charge is -2.19. The Labute approximate surface area is 185 Å². The molecule has 0 spiro atoms. The minimum atomic E-state index is -0.829. The van der Waals surface area contributed by atoms with E-state index in [2.05, 4.69) is 0 Å². The predicted octanol–water partition coefficient (Wildman–Crippen LogP) is 3.99. The van der Waals surface area contributed by atoms with Crippen LogP contribution in [0.2, 0.25) is 0 Å². The number of hydrogen-bond acceptors (Lipinski definition) is 6. The van der Waals surface area contributed by atoms with Gasteiger partial charge >= 0.3 is 0 Å². The molecule has 0 unspecified atom stereocenters. The summed E-state index contributed by atoms with van der Waals surface area (Å²) in [6.45, 7) is 1.14. The third-order valence-electron chi connectivity index (χ3n) is 5.70. The zero-order valence-corrected chi connectivity index (χ0v) is 18.2. The first kappa shape index (κ1) is 20.4. The Balaban J connectivity index is 2.12. The molecule has 5 aromatic rings. The molecule has 0 bridgehead atoms. The van der Waals surface area contributed by atoms with Crippen LogP contribution in [-0.2, 0) is 6.54 Å². The second kappa shape index (κ2) is 7.29. The van der Waals surface area contributed by atoms with Crippen LogP contribution in [0.5, 0.6) is 11.5 Å². The summed E-state index contributed by atoms with van der Waals surface area (Å²) in [5, 5.41) is 19.5. The highest BCUT2D eigenvalue weighted by Gasteiger charge is 2.23. The number of likely N-dealkylation sites (N-methyl/N-ethyl adjacent to an activating group) is 1. The molecule has 0 radical (unpaired) electrons. The number of aromatic nitrogens is 1. The summed E-state index contributed by atoms with van der Waals surface area (Å²) >= 11 is 1.33. The van der Waals surface area contributed by atoms with E-state index in [-0.39, 0.29) is 21.5 Å². The highest BCUT2D eigenvalue weighted by atomic mass is 32.1. The molecule has 1 heterocycles. The van der Waals surface area contributed by atoms with Crippen LogP contribution in [0, 0.1) is 5.82 Å². The normalized spacial score (nSPS) is 12.0. The van der Waals surface area contributed by atoms with Crippen molar-refractivity contribution in [1.29, 1.82) is 0 Å². The number of phenols is 2. The third kappa shape index (κ3) is 2.87. The van der Waals surface area contributed by atoms with E-state index >= 15 is 4.39 Å². The van der Waals surface area contributed by atoms with Gasteiger partial charge in [0.05, 0.1) is 42.0 Å². The molecule has 0 saturated carbocycles. The summed E-state index contributed by atoms with van der Waals surface area (Å²) < 4.78 is 18.6. The molecule has 2 N–H and O–H groups in total. The fourth-order valence-corrected chi connectivity index (χ4v) is 5.37. The van der Waals surface area contributed by atoms with Gasteiger partial charge in [-0.25, -0.2) is 4.39 Å². The Morgan fingerprint density at radius 1 is 0.906 bits per heavy atom. The molecule has 0 amide bonds. The molecule has 5 rings (SSSR count). The minimum Gasteiger partial charge on any atom is -0.507 e. The molecule has 0 fully saturated rings. The maximum Gasteiger partial charge on any atom is 0.201 e. The first-order valence-electron chi connectivity index (χ1n) is 9.99. The summed E-state index contributed by atoms with van der Waals surface area (Å²) in [5.74, 6) is -1.73. The zero-order valence-electron chi connectivity index (χ0n) is 17.3. The van der Waals surface area contributed by atoms with Crippen molar-refractivity contribution in [2.24, 2.45) is 0 Å². The first-order chi connectivity index (χ1) is 15.3. The highest BCUT2D eigenvalue weighted by Crippen LogP contribution is 2.35. The number of halogens is 1. The minimum absolute atomic E-state index is 0.0841. The topological polar surface area (TPSA) is 82.8 Å². The predicted molar refractivity (Wildman–Crippen MR) is 127 cm³/mol. The number of rotatable bonds is 3. The third-order valence-corrected chi connectivity index (χ3v) is 6.80. The van der Waals surface area contributed by atoms with Crippen molar-refractivity contribution in [1.82, 2.24) is 9.47 Å². The molecule has 1 aromatic heterocycles. The second-order valence-electron chi connectivity index (χ2n) is 7.99. The van der Waals surface area contributed by atoms with Gasteiger partial charge < -0.3 is 19.7 Å².